The van der Waals surface area contributed by atoms with Crippen LogP contribution in [0.1, 0.15) is 37.7 Å². The van der Waals surface area contributed by atoms with Gasteiger partial charge in [-0.15, -0.1) is 0 Å². The molecule has 1 heterocycles. The van der Waals surface area contributed by atoms with Crippen LogP contribution in [0.3, 0.4) is 0 Å². The number of aliphatic imine (C=N–C) groups is 1. The minimum atomic E-state index is 0.0459. The fourth-order valence-corrected chi connectivity index (χ4v) is 3.84. The molecule has 7 nitrogen and oxygen atoms in total. The maximum Gasteiger partial charge on any atom is 0.239 e. The molecule has 30 heavy (non-hydrogen) atoms. The molecule has 1 aromatic rings. The van der Waals surface area contributed by atoms with Gasteiger partial charge in [-0.3, -0.25) is 14.7 Å². The van der Waals surface area contributed by atoms with E-state index in [1.54, 1.807) is 11.9 Å². The zero-order valence-electron chi connectivity index (χ0n) is 18.7. The summed E-state index contributed by atoms with van der Waals surface area (Å²) >= 11 is 0. The third-order valence-electron chi connectivity index (χ3n) is 5.82. The summed E-state index contributed by atoms with van der Waals surface area (Å²) in [5, 5.41) is 6.77. The topological polar surface area (TPSA) is 69.2 Å². The Morgan fingerprint density at radius 2 is 2.03 bits per heavy atom. The summed E-state index contributed by atoms with van der Waals surface area (Å²) in [5.74, 6) is 2.71. The molecule has 0 spiro atoms. The molecule has 0 aromatic heterocycles. The van der Waals surface area contributed by atoms with Crippen LogP contribution in [0.2, 0.25) is 0 Å². The van der Waals surface area contributed by atoms with Crippen molar-refractivity contribution < 1.29 is 9.53 Å². The molecule has 1 aliphatic heterocycles. The van der Waals surface area contributed by atoms with Crippen LogP contribution in [0.4, 0.5) is 0 Å². The molecule has 1 unspecified atom stereocenters. The standard InChI is InChI=1S/C23H37N5O2/c1-24-23(25-13-7-15-28-14-6-9-20(28)22(29)27(2)3)26-16-19-8-4-5-10-21(19)30-17-18-11-12-18/h4-5,8,10,18,20H,6-7,9,11-17H2,1-3H3,(H2,24,25,26). The van der Waals surface area contributed by atoms with Gasteiger partial charge in [0.2, 0.25) is 5.91 Å². The highest BCUT2D eigenvalue weighted by Crippen LogP contribution is 2.30. The Labute approximate surface area is 180 Å². The Bertz CT molecular complexity index is 717. The van der Waals surface area contributed by atoms with E-state index in [2.05, 4.69) is 26.6 Å². The Morgan fingerprint density at radius 1 is 1.23 bits per heavy atom. The lowest BCUT2D eigenvalue weighted by atomic mass is 10.2. The minimum Gasteiger partial charge on any atom is -0.493 e. The molecule has 7 heteroatoms. The predicted molar refractivity (Wildman–Crippen MR) is 121 cm³/mol. The lowest BCUT2D eigenvalue weighted by Crippen LogP contribution is -2.44. The van der Waals surface area contributed by atoms with Crippen molar-refractivity contribution in [2.75, 3.05) is 47.4 Å². The number of hydrogen-bond acceptors (Lipinski definition) is 4. The Hall–Kier alpha value is -2.28. The second-order valence-corrected chi connectivity index (χ2v) is 8.49. The monoisotopic (exact) mass is 415 g/mol. The number of benzene rings is 1. The third kappa shape index (κ3) is 6.62. The largest absolute Gasteiger partial charge is 0.493 e. The van der Waals surface area contributed by atoms with Crippen LogP contribution in [-0.4, -0.2) is 75.1 Å². The SMILES string of the molecule is CN=C(NCCCN1CCCC1C(=O)N(C)C)NCc1ccccc1OCC1CC1. The molecule has 1 saturated heterocycles. The maximum absolute atomic E-state index is 12.3. The maximum atomic E-state index is 12.3. The zero-order chi connectivity index (χ0) is 21.3. The van der Waals surface area contributed by atoms with E-state index in [9.17, 15) is 4.79 Å². The molecule has 1 aliphatic carbocycles. The molecule has 2 N–H and O–H groups in total. The first-order chi connectivity index (χ1) is 14.6. The van der Waals surface area contributed by atoms with Gasteiger partial charge in [0.25, 0.3) is 0 Å². The molecule has 0 radical (unpaired) electrons. The van der Waals surface area contributed by atoms with Crippen LogP contribution in [0, 0.1) is 5.92 Å². The predicted octanol–water partition coefficient (Wildman–Crippen LogP) is 2.08. The highest BCUT2D eigenvalue weighted by molar-refractivity contribution is 5.81. The van der Waals surface area contributed by atoms with E-state index in [0.717, 1.165) is 68.7 Å². The molecular weight excluding hydrogens is 378 g/mol. The smallest absolute Gasteiger partial charge is 0.239 e. The molecular formula is C23H37N5O2. The molecule has 2 aliphatic rings. The summed E-state index contributed by atoms with van der Waals surface area (Å²) in [6.45, 7) is 4.24. The van der Waals surface area contributed by atoms with Crippen LogP contribution in [-0.2, 0) is 11.3 Å². The van der Waals surface area contributed by atoms with Gasteiger partial charge in [0, 0.05) is 46.3 Å². The van der Waals surface area contributed by atoms with Crippen LogP contribution in [0.5, 0.6) is 5.75 Å². The van der Waals surface area contributed by atoms with E-state index < -0.39 is 0 Å². The fourth-order valence-electron chi connectivity index (χ4n) is 3.84. The van der Waals surface area contributed by atoms with E-state index in [0.29, 0.717) is 6.54 Å². The summed E-state index contributed by atoms with van der Waals surface area (Å²) in [4.78, 5) is 20.7. The summed E-state index contributed by atoms with van der Waals surface area (Å²) < 4.78 is 5.99. The molecule has 166 valence electrons. The quantitative estimate of drug-likeness (QED) is 0.348. The molecule has 1 atom stereocenters. The number of carbonyl (C=O) groups is 1. The lowest BCUT2D eigenvalue weighted by molar-refractivity contribution is -0.133. The molecule has 1 saturated carbocycles. The summed E-state index contributed by atoms with van der Waals surface area (Å²) in [5.41, 5.74) is 1.14. The molecule has 2 fully saturated rings. The number of amides is 1. The Morgan fingerprint density at radius 3 is 2.77 bits per heavy atom. The number of nitrogens with zero attached hydrogens (tertiary/aromatic N) is 3. The van der Waals surface area contributed by atoms with Gasteiger partial charge in [-0.05, 0) is 50.6 Å². The van der Waals surface area contributed by atoms with Gasteiger partial charge < -0.3 is 20.3 Å². The third-order valence-corrected chi connectivity index (χ3v) is 5.82. The van der Waals surface area contributed by atoms with Crippen molar-refractivity contribution in [3.05, 3.63) is 29.8 Å². The van der Waals surface area contributed by atoms with Gasteiger partial charge in [-0.1, -0.05) is 18.2 Å². The van der Waals surface area contributed by atoms with Gasteiger partial charge in [0.1, 0.15) is 5.75 Å². The highest BCUT2D eigenvalue weighted by Gasteiger charge is 2.31. The van der Waals surface area contributed by atoms with Gasteiger partial charge in [-0.25, -0.2) is 0 Å². The van der Waals surface area contributed by atoms with Crippen LogP contribution in [0.15, 0.2) is 29.3 Å². The van der Waals surface area contributed by atoms with Crippen molar-refractivity contribution in [1.82, 2.24) is 20.4 Å². The number of rotatable bonds is 10. The highest BCUT2D eigenvalue weighted by atomic mass is 16.5. The van der Waals surface area contributed by atoms with Crippen LogP contribution >= 0.6 is 0 Å². The molecule has 1 aromatic carbocycles. The number of likely N-dealkylation sites (tertiary alicyclic amines) is 1. The van der Waals surface area contributed by atoms with Crippen molar-refractivity contribution >= 4 is 11.9 Å². The summed E-state index contributed by atoms with van der Waals surface area (Å²) in [6, 6.07) is 8.24. The van der Waals surface area contributed by atoms with Gasteiger partial charge in [0.05, 0.1) is 12.6 Å². The summed E-state index contributed by atoms with van der Waals surface area (Å²) in [7, 11) is 5.47. The number of carbonyl (C=O) groups excluding carboxylic acids is 1. The number of nitrogens with one attached hydrogen (secondary N) is 2. The lowest BCUT2D eigenvalue weighted by Gasteiger charge is -2.26. The summed E-state index contributed by atoms with van der Waals surface area (Å²) in [6.07, 6.45) is 5.62. The minimum absolute atomic E-state index is 0.0459. The van der Waals surface area contributed by atoms with E-state index in [4.69, 9.17) is 4.74 Å². The van der Waals surface area contributed by atoms with Gasteiger partial charge in [0.15, 0.2) is 5.96 Å². The van der Waals surface area contributed by atoms with E-state index in [1.165, 1.54) is 12.8 Å². The van der Waals surface area contributed by atoms with Crippen molar-refractivity contribution in [3.8, 4) is 5.75 Å². The van der Waals surface area contributed by atoms with Crippen molar-refractivity contribution in [2.45, 2.75) is 44.7 Å². The Balaban J connectivity index is 1.38. The number of guanidine groups is 1. The molecule has 3 rings (SSSR count). The first-order valence-electron chi connectivity index (χ1n) is 11.2. The number of para-hydroxylation sites is 1. The average Bonchev–Trinajstić information content (AvgIpc) is 3.47. The second-order valence-electron chi connectivity index (χ2n) is 8.49. The molecule has 1 amide bonds. The van der Waals surface area contributed by atoms with Crippen LogP contribution < -0.4 is 15.4 Å². The van der Waals surface area contributed by atoms with E-state index >= 15 is 0 Å². The van der Waals surface area contributed by atoms with Crippen LogP contribution in [0.25, 0.3) is 0 Å². The number of ether oxygens (including phenoxy) is 1. The first-order valence-corrected chi connectivity index (χ1v) is 11.2. The van der Waals surface area contributed by atoms with Crippen molar-refractivity contribution in [2.24, 2.45) is 10.9 Å². The molecule has 0 bridgehead atoms. The van der Waals surface area contributed by atoms with Gasteiger partial charge in [-0.2, -0.15) is 0 Å². The number of likely N-dealkylation sites (N-methyl/N-ethyl adjacent to an activating group) is 1. The van der Waals surface area contributed by atoms with Crippen molar-refractivity contribution in [1.29, 1.82) is 0 Å². The average molecular weight is 416 g/mol. The normalized spacial score (nSPS) is 19.6. The van der Waals surface area contributed by atoms with Crippen molar-refractivity contribution in [3.63, 3.8) is 0 Å². The fraction of sp³-hybridized carbons (Fsp3) is 0.652. The zero-order valence-corrected chi connectivity index (χ0v) is 18.7. The number of hydrogen-bond donors (Lipinski definition) is 2. The van der Waals surface area contributed by atoms with Gasteiger partial charge >= 0.3 is 0 Å². The van der Waals surface area contributed by atoms with E-state index in [-0.39, 0.29) is 11.9 Å². The Kier molecular flexibility index (Phi) is 8.37. The van der Waals surface area contributed by atoms with E-state index in [1.807, 2.05) is 32.3 Å². The first kappa shape index (κ1) is 22.4. The second kappa shape index (κ2) is 11.2.